The van der Waals surface area contributed by atoms with Gasteiger partial charge in [-0.25, -0.2) is 6.57 Å². The van der Waals surface area contributed by atoms with E-state index >= 15 is 0 Å². The van der Waals surface area contributed by atoms with Crippen LogP contribution in [-0.4, -0.2) is 95.7 Å². The maximum atomic E-state index is 12.5. The lowest BCUT2D eigenvalue weighted by Gasteiger charge is -2.41. The number of ether oxygens (including phenoxy) is 1. The summed E-state index contributed by atoms with van der Waals surface area (Å²) in [4.78, 5) is 38.7. The van der Waals surface area contributed by atoms with Gasteiger partial charge in [0, 0.05) is 44.0 Å². The minimum Gasteiger partial charge on any atom is -0.462 e. The maximum absolute atomic E-state index is 12.5. The molecule has 0 saturated carbocycles. The van der Waals surface area contributed by atoms with E-state index in [1.54, 1.807) is 11.1 Å². The van der Waals surface area contributed by atoms with E-state index in [1.165, 1.54) is 12.5 Å². The molecule has 0 radical (unpaired) electrons. The van der Waals surface area contributed by atoms with Crippen LogP contribution in [0.25, 0.3) is 4.85 Å². The number of carbonyl (C=O) groups excluding carboxylic acids is 1. The lowest BCUT2D eigenvalue weighted by Crippen LogP contribution is -2.56. The standard InChI is InChI=1S/C28H35ClN8O2/c1-5-26(38)37-12-11-36(16-21(37)13-30-3)27-22-8-10-35(25-15-31-14-23(29)19(25)2)17-24(22)32-28(33-27)39-18-20-7-6-9-34(20)4/h5,14-15,20-21H,1,6-13,16-18H2,2,4H3/t20-,21-/m0/s1. The van der Waals surface area contributed by atoms with E-state index < -0.39 is 0 Å². The van der Waals surface area contributed by atoms with Crippen LogP contribution in [0.15, 0.2) is 25.0 Å². The highest BCUT2D eigenvalue weighted by Gasteiger charge is 2.35. The number of rotatable bonds is 7. The topological polar surface area (TPSA) is 82.3 Å². The van der Waals surface area contributed by atoms with E-state index in [0.29, 0.717) is 49.9 Å². The van der Waals surface area contributed by atoms with Gasteiger partial charge in [0.05, 0.1) is 29.1 Å². The van der Waals surface area contributed by atoms with Crippen LogP contribution in [0.2, 0.25) is 5.02 Å². The van der Waals surface area contributed by atoms with Gasteiger partial charge in [0.25, 0.3) is 0 Å². The molecule has 2 saturated heterocycles. The SMILES string of the molecule is [C-]#[N+]C[C@H]1CN(c2nc(OC[C@@H]3CCCN3C)nc3c2CCN(c2cncc(Cl)c2C)C3)CCN1C(=O)C=C. The van der Waals surface area contributed by atoms with Crippen LogP contribution in [-0.2, 0) is 17.8 Å². The van der Waals surface area contributed by atoms with Crippen LogP contribution >= 0.6 is 11.6 Å². The molecule has 206 valence electrons. The number of amides is 1. The largest absolute Gasteiger partial charge is 0.462 e. The zero-order chi connectivity index (χ0) is 27.5. The monoisotopic (exact) mass is 550 g/mol. The van der Waals surface area contributed by atoms with Crippen LogP contribution in [0.3, 0.4) is 0 Å². The summed E-state index contributed by atoms with van der Waals surface area (Å²) in [6, 6.07) is 0.489. The smallest absolute Gasteiger partial charge is 0.318 e. The fraction of sp³-hybridized carbons (Fsp3) is 0.536. The first kappa shape index (κ1) is 27.2. The first-order chi connectivity index (χ1) is 18.9. The number of pyridine rings is 1. The van der Waals surface area contributed by atoms with Crippen molar-refractivity contribution in [2.45, 2.75) is 44.8 Å². The number of hydrogen-bond donors (Lipinski definition) is 0. The van der Waals surface area contributed by atoms with Gasteiger partial charge in [-0.3, -0.25) is 9.78 Å². The number of likely N-dealkylation sites (tertiary alicyclic amines) is 1. The molecular weight excluding hydrogens is 516 g/mol. The van der Waals surface area contributed by atoms with E-state index in [9.17, 15) is 4.79 Å². The van der Waals surface area contributed by atoms with Gasteiger partial charge in [0.1, 0.15) is 18.5 Å². The molecule has 0 spiro atoms. The number of fused-ring (bicyclic) bond motifs is 1. The van der Waals surface area contributed by atoms with Gasteiger partial charge in [-0.05, 0) is 51.4 Å². The van der Waals surface area contributed by atoms with Crippen molar-refractivity contribution in [1.82, 2.24) is 24.8 Å². The van der Waals surface area contributed by atoms with Crippen molar-refractivity contribution >= 4 is 29.0 Å². The van der Waals surface area contributed by atoms with Gasteiger partial charge in [-0.2, -0.15) is 9.97 Å². The van der Waals surface area contributed by atoms with Crippen molar-refractivity contribution in [1.29, 1.82) is 0 Å². The lowest BCUT2D eigenvalue weighted by atomic mass is 10.0. The zero-order valence-corrected chi connectivity index (χ0v) is 23.4. The number of halogens is 1. The summed E-state index contributed by atoms with van der Waals surface area (Å²) in [5.74, 6) is 0.704. The summed E-state index contributed by atoms with van der Waals surface area (Å²) in [5, 5.41) is 0.643. The highest BCUT2D eigenvalue weighted by Crippen LogP contribution is 2.34. The van der Waals surface area contributed by atoms with Crippen LogP contribution in [0.1, 0.15) is 29.7 Å². The van der Waals surface area contributed by atoms with Gasteiger partial charge in [-0.1, -0.05) is 18.2 Å². The molecule has 2 aromatic heterocycles. The van der Waals surface area contributed by atoms with Crippen LogP contribution in [0.4, 0.5) is 11.5 Å². The summed E-state index contributed by atoms with van der Waals surface area (Å²) >= 11 is 6.38. The Morgan fingerprint density at radius 2 is 2.08 bits per heavy atom. The Hall–Kier alpha value is -3.42. The minimum absolute atomic E-state index is 0.140. The van der Waals surface area contributed by atoms with E-state index in [2.05, 4.69) is 38.2 Å². The Labute approximate surface area is 235 Å². The first-order valence-corrected chi connectivity index (χ1v) is 13.9. The molecule has 0 N–H and O–H groups in total. The van der Waals surface area contributed by atoms with Gasteiger partial charge in [0.15, 0.2) is 0 Å². The average Bonchev–Trinajstić information content (AvgIpc) is 3.36. The molecule has 0 unspecified atom stereocenters. The number of likely N-dealkylation sites (N-methyl/N-ethyl adjacent to an activating group) is 1. The Balaban J connectivity index is 1.46. The second-order valence-corrected chi connectivity index (χ2v) is 10.9. The molecule has 10 nitrogen and oxygen atoms in total. The molecule has 5 rings (SSSR count). The Bertz CT molecular complexity index is 1280. The fourth-order valence-electron chi connectivity index (χ4n) is 5.81. The second kappa shape index (κ2) is 11.8. The third-order valence-corrected chi connectivity index (χ3v) is 8.49. The molecule has 2 aromatic rings. The number of aromatic nitrogens is 3. The van der Waals surface area contributed by atoms with Gasteiger partial charge >= 0.3 is 6.01 Å². The van der Waals surface area contributed by atoms with Crippen molar-refractivity contribution in [3.63, 3.8) is 0 Å². The van der Waals surface area contributed by atoms with Gasteiger partial charge < -0.3 is 29.2 Å². The Morgan fingerprint density at radius 1 is 1.23 bits per heavy atom. The third kappa shape index (κ3) is 5.65. The summed E-state index contributed by atoms with van der Waals surface area (Å²) in [7, 11) is 2.13. The fourth-order valence-corrected chi connectivity index (χ4v) is 5.96. The number of nitrogens with zero attached hydrogens (tertiary/aromatic N) is 8. The van der Waals surface area contributed by atoms with Gasteiger partial charge in [0.2, 0.25) is 12.5 Å². The molecule has 3 aliphatic heterocycles. The minimum atomic E-state index is -0.232. The van der Waals surface area contributed by atoms with Crippen molar-refractivity contribution in [2.75, 3.05) is 62.7 Å². The number of carbonyl (C=O) groups is 1. The molecule has 39 heavy (non-hydrogen) atoms. The molecular formula is C28H35ClN8O2. The quantitative estimate of drug-likeness (QED) is 0.384. The number of anilines is 2. The molecule has 2 fully saturated rings. The van der Waals surface area contributed by atoms with Crippen molar-refractivity contribution in [3.05, 3.63) is 58.3 Å². The van der Waals surface area contributed by atoms with Gasteiger partial charge in [-0.15, -0.1) is 0 Å². The molecule has 0 aromatic carbocycles. The van der Waals surface area contributed by atoms with E-state index in [4.69, 9.17) is 32.9 Å². The predicted octanol–water partition coefficient (Wildman–Crippen LogP) is 2.99. The van der Waals surface area contributed by atoms with Crippen molar-refractivity contribution in [3.8, 4) is 6.01 Å². The number of hydrogen-bond acceptors (Lipinski definition) is 8. The molecule has 0 aliphatic carbocycles. The van der Waals surface area contributed by atoms with Crippen molar-refractivity contribution < 1.29 is 9.53 Å². The van der Waals surface area contributed by atoms with Crippen LogP contribution in [0.5, 0.6) is 6.01 Å². The summed E-state index contributed by atoms with van der Waals surface area (Å²) in [6.45, 7) is 17.9. The molecule has 1 amide bonds. The highest BCUT2D eigenvalue weighted by atomic mass is 35.5. The first-order valence-electron chi connectivity index (χ1n) is 13.5. The normalized spacial score (nSPS) is 21.4. The maximum Gasteiger partial charge on any atom is 0.318 e. The molecule has 0 bridgehead atoms. The summed E-state index contributed by atoms with van der Waals surface area (Å²) < 4.78 is 6.22. The molecule has 5 heterocycles. The highest BCUT2D eigenvalue weighted by molar-refractivity contribution is 6.31. The molecule has 11 heteroatoms. The summed E-state index contributed by atoms with van der Waals surface area (Å²) in [6.07, 6.45) is 7.86. The van der Waals surface area contributed by atoms with E-state index in [0.717, 1.165) is 54.3 Å². The van der Waals surface area contributed by atoms with Crippen LogP contribution < -0.4 is 14.5 Å². The van der Waals surface area contributed by atoms with E-state index in [1.807, 2.05) is 13.1 Å². The lowest BCUT2D eigenvalue weighted by molar-refractivity contribution is -0.128. The van der Waals surface area contributed by atoms with E-state index in [-0.39, 0.29) is 18.5 Å². The Morgan fingerprint density at radius 3 is 2.82 bits per heavy atom. The summed E-state index contributed by atoms with van der Waals surface area (Å²) in [5.41, 5.74) is 4.01. The average molecular weight is 551 g/mol. The molecule has 2 atom stereocenters. The third-order valence-electron chi connectivity index (χ3n) is 8.11. The Kier molecular flexibility index (Phi) is 8.19. The van der Waals surface area contributed by atoms with Crippen LogP contribution in [0, 0.1) is 13.5 Å². The number of piperazine rings is 1. The second-order valence-electron chi connectivity index (χ2n) is 10.5. The van der Waals surface area contributed by atoms with Crippen molar-refractivity contribution in [2.24, 2.45) is 0 Å². The predicted molar refractivity (Wildman–Crippen MR) is 151 cm³/mol. The zero-order valence-electron chi connectivity index (χ0n) is 22.6. The molecule has 3 aliphatic rings.